The molecule has 0 aromatic heterocycles. The SMILES string of the molecule is CSc1cccc(N2CC3CCCC3C2)c1C(=N)N. The van der Waals surface area contributed by atoms with Gasteiger partial charge in [-0.1, -0.05) is 12.5 Å². The van der Waals surface area contributed by atoms with Gasteiger partial charge in [0.05, 0.1) is 5.56 Å². The minimum atomic E-state index is 0.192. The summed E-state index contributed by atoms with van der Waals surface area (Å²) in [5, 5.41) is 7.88. The van der Waals surface area contributed by atoms with E-state index in [1.54, 1.807) is 11.8 Å². The van der Waals surface area contributed by atoms with Gasteiger partial charge in [-0.25, -0.2) is 0 Å². The van der Waals surface area contributed by atoms with E-state index in [4.69, 9.17) is 11.1 Å². The average molecular weight is 275 g/mol. The minimum Gasteiger partial charge on any atom is -0.384 e. The van der Waals surface area contributed by atoms with Crippen molar-refractivity contribution >= 4 is 23.3 Å². The van der Waals surface area contributed by atoms with E-state index in [-0.39, 0.29) is 5.84 Å². The molecule has 1 aromatic rings. The number of nitrogens with two attached hydrogens (primary N) is 1. The van der Waals surface area contributed by atoms with E-state index in [1.165, 1.54) is 19.3 Å². The lowest BCUT2D eigenvalue weighted by atomic mass is 10.0. The first-order valence-electron chi connectivity index (χ1n) is 6.97. The van der Waals surface area contributed by atoms with Gasteiger partial charge in [-0.05, 0) is 43.1 Å². The van der Waals surface area contributed by atoms with Crippen LogP contribution in [0.2, 0.25) is 0 Å². The zero-order valence-electron chi connectivity index (χ0n) is 11.4. The molecule has 3 rings (SSSR count). The summed E-state index contributed by atoms with van der Waals surface area (Å²) in [4.78, 5) is 3.56. The molecule has 1 aliphatic heterocycles. The fraction of sp³-hybridized carbons (Fsp3) is 0.533. The van der Waals surface area contributed by atoms with E-state index in [9.17, 15) is 0 Å². The lowest BCUT2D eigenvalue weighted by molar-refractivity contribution is 0.494. The topological polar surface area (TPSA) is 53.1 Å². The number of hydrogen-bond acceptors (Lipinski definition) is 3. The molecular formula is C15H21N3S. The van der Waals surface area contributed by atoms with Gasteiger partial charge >= 0.3 is 0 Å². The van der Waals surface area contributed by atoms with Crippen LogP contribution < -0.4 is 10.6 Å². The molecule has 2 fully saturated rings. The van der Waals surface area contributed by atoms with Crippen molar-refractivity contribution in [1.82, 2.24) is 0 Å². The standard InChI is InChI=1S/C15H21N3S/c1-19-13-7-3-6-12(14(13)15(16)17)18-8-10-4-2-5-11(10)9-18/h3,6-7,10-11H,2,4-5,8-9H2,1H3,(H3,16,17). The first-order chi connectivity index (χ1) is 9.20. The maximum absolute atomic E-state index is 7.88. The molecule has 0 spiro atoms. The smallest absolute Gasteiger partial charge is 0.126 e. The molecule has 3 N–H and O–H groups in total. The summed E-state index contributed by atoms with van der Waals surface area (Å²) < 4.78 is 0. The molecule has 1 aromatic carbocycles. The van der Waals surface area contributed by atoms with Crippen LogP contribution >= 0.6 is 11.8 Å². The van der Waals surface area contributed by atoms with Crippen LogP contribution in [0.25, 0.3) is 0 Å². The van der Waals surface area contributed by atoms with Gasteiger partial charge in [-0.15, -0.1) is 11.8 Å². The van der Waals surface area contributed by atoms with Crippen molar-refractivity contribution in [3.8, 4) is 0 Å². The predicted octanol–water partition coefficient (Wildman–Crippen LogP) is 2.93. The lowest BCUT2D eigenvalue weighted by Crippen LogP contribution is -2.25. The summed E-state index contributed by atoms with van der Waals surface area (Å²) in [5.41, 5.74) is 7.90. The predicted molar refractivity (Wildman–Crippen MR) is 82.3 cm³/mol. The summed E-state index contributed by atoms with van der Waals surface area (Å²) in [6.07, 6.45) is 6.19. The van der Waals surface area contributed by atoms with Crippen molar-refractivity contribution in [2.45, 2.75) is 24.2 Å². The van der Waals surface area contributed by atoms with E-state index < -0.39 is 0 Å². The molecule has 0 amide bonds. The maximum atomic E-state index is 7.88. The number of nitrogens with zero attached hydrogens (tertiary/aromatic N) is 1. The van der Waals surface area contributed by atoms with Crippen molar-refractivity contribution in [3.05, 3.63) is 23.8 Å². The normalized spacial score (nSPS) is 25.6. The molecule has 102 valence electrons. The highest BCUT2D eigenvalue weighted by molar-refractivity contribution is 7.98. The summed E-state index contributed by atoms with van der Waals surface area (Å²) in [6, 6.07) is 6.26. The Hall–Kier alpha value is -1.16. The van der Waals surface area contributed by atoms with Crippen LogP contribution in [0, 0.1) is 17.2 Å². The van der Waals surface area contributed by atoms with Crippen molar-refractivity contribution in [1.29, 1.82) is 5.41 Å². The molecule has 19 heavy (non-hydrogen) atoms. The quantitative estimate of drug-likeness (QED) is 0.506. The Morgan fingerprint density at radius 3 is 2.58 bits per heavy atom. The second-order valence-electron chi connectivity index (χ2n) is 5.62. The monoisotopic (exact) mass is 275 g/mol. The lowest BCUT2D eigenvalue weighted by Gasteiger charge is -2.24. The summed E-state index contributed by atoms with van der Waals surface area (Å²) >= 11 is 1.67. The molecular weight excluding hydrogens is 254 g/mol. The van der Waals surface area contributed by atoms with Crippen molar-refractivity contribution < 1.29 is 0 Å². The number of benzene rings is 1. The fourth-order valence-electron chi connectivity index (χ4n) is 3.66. The Bertz CT molecular complexity index is 488. The van der Waals surface area contributed by atoms with E-state index in [0.29, 0.717) is 0 Å². The Balaban J connectivity index is 1.94. The minimum absolute atomic E-state index is 0.192. The third kappa shape index (κ3) is 2.22. The first kappa shape index (κ1) is 12.9. The second kappa shape index (κ2) is 5.08. The number of anilines is 1. The molecule has 2 unspecified atom stereocenters. The highest BCUT2D eigenvalue weighted by atomic mass is 32.2. The number of fused-ring (bicyclic) bond motifs is 1. The number of nitrogens with one attached hydrogen (secondary N) is 1. The molecule has 1 heterocycles. The average Bonchev–Trinajstić information content (AvgIpc) is 2.98. The van der Waals surface area contributed by atoms with Crippen molar-refractivity contribution in [2.24, 2.45) is 17.6 Å². The summed E-state index contributed by atoms with van der Waals surface area (Å²) in [6.45, 7) is 2.28. The van der Waals surface area contributed by atoms with Crippen LogP contribution in [0.3, 0.4) is 0 Å². The largest absolute Gasteiger partial charge is 0.384 e. The van der Waals surface area contributed by atoms with Gasteiger partial charge in [-0.2, -0.15) is 0 Å². The Kier molecular flexibility index (Phi) is 3.44. The van der Waals surface area contributed by atoms with Gasteiger partial charge < -0.3 is 10.6 Å². The summed E-state index contributed by atoms with van der Waals surface area (Å²) in [5.74, 6) is 1.91. The molecule has 3 nitrogen and oxygen atoms in total. The van der Waals surface area contributed by atoms with Gasteiger partial charge in [-0.3, -0.25) is 5.41 Å². The van der Waals surface area contributed by atoms with E-state index in [0.717, 1.165) is 41.1 Å². The Morgan fingerprint density at radius 2 is 2.00 bits per heavy atom. The Labute approximate surface area is 119 Å². The zero-order chi connectivity index (χ0) is 13.4. The van der Waals surface area contributed by atoms with Crippen LogP contribution in [0.1, 0.15) is 24.8 Å². The van der Waals surface area contributed by atoms with Crippen LogP contribution in [0.5, 0.6) is 0 Å². The zero-order valence-corrected chi connectivity index (χ0v) is 12.2. The number of thioether (sulfide) groups is 1. The fourth-order valence-corrected chi connectivity index (χ4v) is 4.29. The molecule has 0 bridgehead atoms. The van der Waals surface area contributed by atoms with Crippen molar-refractivity contribution in [3.63, 3.8) is 0 Å². The van der Waals surface area contributed by atoms with Crippen LogP contribution in [0.4, 0.5) is 5.69 Å². The molecule has 4 heteroatoms. The van der Waals surface area contributed by atoms with Gasteiger partial charge in [0.25, 0.3) is 0 Å². The third-order valence-electron chi connectivity index (χ3n) is 4.56. The van der Waals surface area contributed by atoms with Gasteiger partial charge in [0.1, 0.15) is 5.84 Å². The molecule has 0 radical (unpaired) electrons. The van der Waals surface area contributed by atoms with E-state index >= 15 is 0 Å². The number of hydrogen-bond donors (Lipinski definition) is 2. The van der Waals surface area contributed by atoms with Crippen LogP contribution in [0.15, 0.2) is 23.1 Å². The molecule has 2 aliphatic rings. The molecule has 1 saturated heterocycles. The first-order valence-corrected chi connectivity index (χ1v) is 8.19. The van der Waals surface area contributed by atoms with Gasteiger partial charge in [0, 0.05) is 23.7 Å². The highest BCUT2D eigenvalue weighted by Gasteiger charge is 2.37. The number of nitrogen functional groups attached to an aromatic ring is 1. The molecule has 1 saturated carbocycles. The second-order valence-corrected chi connectivity index (χ2v) is 6.47. The van der Waals surface area contributed by atoms with Crippen LogP contribution in [-0.2, 0) is 0 Å². The highest BCUT2D eigenvalue weighted by Crippen LogP contribution is 2.41. The van der Waals surface area contributed by atoms with E-state index in [1.807, 2.05) is 6.26 Å². The molecule has 2 atom stereocenters. The van der Waals surface area contributed by atoms with Gasteiger partial charge in [0.15, 0.2) is 0 Å². The number of amidine groups is 1. The van der Waals surface area contributed by atoms with E-state index in [2.05, 4.69) is 23.1 Å². The number of rotatable bonds is 3. The maximum Gasteiger partial charge on any atom is 0.126 e. The van der Waals surface area contributed by atoms with Crippen molar-refractivity contribution in [2.75, 3.05) is 24.2 Å². The summed E-state index contributed by atoms with van der Waals surface area (Å²) in [7, 11) is 0. The Morgan fingerprint density at radius 1 is 1.32 bits per heavy atom. The van der Waals surface area contributed by atoms with Crippen LogP contribution in [-0.4, -0.2) is 25.2 Å². The third-order valence-corrected chi connectivity index (χ3v) is 5.34. The molecule has 1 aliphatic carbocycles. The van der Waals surface area contributed by atoms with Gasteiger partial charge in [0.2, 0.25) is 0 Å².